The highest BCUT2D eigenvalue weighted by Gasteiger charge is 2.45. The molecule has 0 radical (unpaired) electrons. The van der Waals surface area contributed by atoms with Gasteiger partial charge in [-0.25, -0.2) is 0 Å². The van der Waals surface area contributed by atoms with Gasteiger partial charge in [-0.05, 0) is 0 Å². The zero-order valence-corrected chi connectivity index (χ0v) is 12.3. The number of halogens is 1. The molecule has 0 aromatic heterocycles. The quantitative estimate of drug-likeness (QED) is 0.421. The van der Waals surface area contributed by atoms with Crippen LogP contribution in [-0.4, -0.2) is 47.8 Å². The van der Waals surface area contributed by atoms with E-state index in [0.29, 0.717) is 0 Å². The van der Waals surface area contributed by atoms with Crippen molar-refractivity contribution in [2.24, 2.45) is 0 Å². The Morgan fingerprint density at radius 1 is 0.947 bits per heavy atom. The van der Waals surface area contributed by atoms with E-state index in [1.54, 1.807) is 0 Å². The van der Waals surface area contributed by atoms with Gasteiger partial charge in [0.15, 0.2) is 23.3 Å². The lowest BCUT2D eigenvalue weighted by molar-refractivity contribution is -0.212. The highest BCUT2D eigenvalue weighted by molar-refractivity contribution is 9.09. The minimum atomic E-state index is -0.913. The average molecular weight is 339 g/mol. The number of ether oxygens (including phenoxy) is 4. The van der Waals surface area contributed by atoms with Gasteiger partial charge in [0.25, 0.3) is 0 Å². The van der Waals surface area contributed by atoms with Crippen LogP contribution in [0.25, 0.3) is 0 Å². The van der Waals surface area contributed by atoms with Crippen molar-refractivity contribution in [3.63, 3.8) is 0 Å². The lowest BCUT2D eigenvalue weighted by Gasteiger charge is -2.38. The fourth-order valence-electron chi connectivity index (χ4n) is 1.70. The Bertz CT molecular complexity index is 370. The van der Waals surface area contributed by atoms with Gasteiger partial charge in [0, 0.05) is 20.8 Å². The average Bonchev–Trinajstić information content (AvgIpc) is 2.25. The summed E-state index contributed by atoms with van der Waals surface area (Å²) in [5.74, 6) is -1.67. The minimum absolute atomic E-state index is 0.0329. The number of hydrogen-bond acceptors (Lipinski definition) is 7. The molecule has 0 spiro atoms. The van der Waals surface area contributed by atoms with Crippen LogP contribution >= 0.6 is 15.9 Å². The van der Waals surface area contributed by atoms with Crippen LogP contribution in [0.2, 0.25) is 0 Å². The Balaban J connectivity index is 2.89. The molecule has 0 aliphatic carbocycles. The summed E-state index contributed by atoms with van der Waals surface area (Å²) < 4.78 is 20.4. The zero-order valence-electron chi connectivity index (χ0n) is 10.8. The van der Waals surface area contributed by atoms with Crippen LogP contribution in [0.5, 0.6) is 0 Å². The number of carbonyl (C=O) groups is 3. The molecule has 0 aromatic carbocycles. The molecule has 1 saturated heterocycles. The summed E-state index contributed by atoms with van der Waals surface area (Å²) in [5, 5.41) is -0.646. The van der Waals surface area contributed by atoms with Crippen LogP contribution in [0.15, 0.2) is 0 Å². The van der Waals surface area contributed by atoms with E-state index in [4.69, 9.17) is 18.9 Å². The van der Waals surface area contributed by atoms with Crippen LogP contribution in [0.3, 0.4) is 0 Å². The van der Waals surface area contributed by atoms with Gasteiger partial charge in [-0.15, -0.1) is 0 Å². The Morgan fingerprint density at radius 2 is 1.42 bits per heavy atom. The van der Waals surface area contributed by atoms with E-state index in [2.05, 4.69) is 15.9 Å². The van der Waals surface area contributed by atoms with E-state index < -0.39 is 41.2 Å². The van der Waals surface area contributed by atoms with Crippen molar-refractivity contribution in [1.29, 1.82) is 0 Å². The molecule has 0 saturated carbocycles. The van der Waals surface area contributed by atoms with Crippen molar-refractivity contribution in [2.75, 3.05) is 6.61 Å². The number of esters is 3. The van der Waals surface area contributed by atoms with E-state index in [1.807, 2.05) is 0 Å². The van der Waals surface area contributed by atoms with Crippen molar-refractivity contribution in [2.45, 2.75) is 44.1 Å². The summed E-state index contributed by atoms with van der Waals surface area (Å²) >= 11 is 3.18. The molecule has 0 unspecified atom stereocenters. The molecular formula is C11H15BrO7. The summed E-state index contributed by atoms with van der Waals surface area (Å²) in [6.07, 6.45) is -2.62. The fraction of sp³-hybridized carbons (Fsp3) is 0.727. The van der Waals surface area contributed by atoms with E-state index in [0.717, 1.165) is 0 Å². The molecule has 108 valence electrons. The molecule has 0 amide bonds. The fourth-order valence-corrected chi connectivity index (χ4v) is 2.26. The summed E-state index contributed by atoms with van der Waals surface area (Å²) in [5.41, 5.74) is 0. The van der Waals surface area contributed by atoms with Crippen LogP contribution < -0.4 is 0 Å². The molecule has 0 N–H and O–H groups in total. The Hall–Kier alpha value is -1.15. The van der Waals surface area contributed by atoms with Gasteiger partial charge in [-0.2, -0.15) is 0 Å². The first-order valence-corrected chi connectivity index (χ1v) is 6.50. The highest BCUT2D eigenvalue weighted by atomic mass is 79.9. The molecule has 7 nitrogen and oxygen atoms in total. The molecule has 1 fully saturated rings. The second-order valence-electron chi connectivity index (χ2n) is 3.98. The molecule has 1 heterocycles. The van der Waals surface area contributed by atoms with Crippen molar-refractivity contribution in [3.05, 3.63) is 0 Å². The summed E-state index contributed by atoms with van der Waals surface area (Å²) in [6.45, 7) is 3.70. The first-order chi connectivity index (χ1) is 8.81. The van der Waals surface area contributed by atoms with Crippen molar-refractivity contribution in [1.82, 2.24) is 0 Å². The third-order valence-electron chi connectivity index (χ3n) is 2.29. The number of rotatable bonds is 3. The second kappa shape index (κ2) is 6.85. The second-order valence-corrected chi connectivity index (χ2v) is 4.88. The summed E-state index contributed by atoms with van der Waals surface area (Å²) in [7, 11) is 0. The lowest BCUT2D eigenvalue weighted by atomic mass is 10.1. The molecule has 4 atom stereocenters. The maximum Gasteiger partial charge on any atom is 0.303 e. The molecule has 8 heteroatoms. The van der Waals surface area contributed by atoms with Gasteiger partial charge >= 0.3 is 17.9 Å². The lowest BCUT2D eigenvalue weighted by Crippen LogP contribution is -2.55. The predicted molar refractivity (Wildman–Crippen MR) is 65.3 cm³/mol. The third kappa shape index (κ3) is 4.79. The first kappa shape index (κ1) is 15.9. The third-order valence-corrected chi connectivity index (χ3v) is 3.08. The van der Waals surface area contributed by atoms with E-state index in [1.165, 1.54) is 20.8 Å². The topological polar surface area (TPSA) is 88.1 Å². The first-order valence-electron chi connectivity index (χ1n) is 5.58. The van der Waals surface area contributed by atoms with Crippen LogP contribution in [0.1, 0.15) is 20.8 Å². The molecule has 0 aromatic rings. The Morgan fingerprint density at radius 3 is 1.89 bits per heavy atom. The molecule has 1 aliphatic heterocycles. The van der Waals surface area contributed by atoms with Gasteiger partial charge in [0.1, 0.15) is 0 Å². The smallest absolute Gasteiger partial charge is 0.303 e. The van der Waals surface area contributed by atoms with E-state index in [9.17, 15) is 14.4 Å². The predicted octanol–water partition coefficient (Wildman–Crippen LogP) is 0.533. The van der Waals surface area contributed by atoms with Crippen LogP contribution in [0, 0.1) is 0 Å². The standard InChI is InChI=1S/C11H15BrO7/c1-5(13)17-8-4-16-11(12)10(19-7(3)15)9(8)18-6(2)14/h8-11H,4H2,1-3H3/t8-,9+,10-,11-/m0/s1. The maximum atomic E-state index is 11.1. The number of hydrogen-bond donors (Lipinski definition) is 0. The molecule has 1 rings (SSSR count). The minimum Gasteiger partial charge on any atom is -0.456 e. The largest absolute Gasteiger partial charge is 0.456 e. The van der Waals surface area contributed by atoms with Gasteiger partial charge in [0.2, 0.25) is 0 Å². The highest BCUT2D eigenvalue weighted by Crippen LogP contribution is 2.27. The number of carbonyl (C=O) groups excluding carboxylic acids is 3. The van der Waals surface area contributed by atoms with Crippen molar-refractivity contribution < 1.29 is 33.3 Å². The number of alkyl halides is 1. The van der Waals surface area contributed by atoms with Gasteiger partial charge in [0.05, 0.1) is 6.61 Å². The van der Waals surface area contributed by atoms with E-state index >= 15 is 0 Å². The monoisotopic (exact) mass is 338 g/mol. The normalized spacial score (nSPS) is 30.3. The van der Waals surface area contributed by atoms with Gasteiger partial charge in [-0.1, -0.05) is 15.9 Å². The summed E-state index contributed by atoms with van der Waals surface area (Å²) in [6, 6.07) is 0. The SMILES string of the molecule is CC(=O)O[C@H]1[C@H](OC(C)=O)[C@@H](Br)OC[C@@H]1OC(C)=O. The Labute approximate surface area is 118 Å². The van der Waals surface area contributed by atoms with Gasteiger partial charge < -0.3 is 18.9 Å². The van der Waals surface area contributed by atoms with Crippen molar-refractivity contribution in [3.8, 4) is 0 Å². The molecular weight excluding hydrogens is 324 g/mol. The molecule has 1 aliphatic rings. The zero-order chi connectivity index (χ0) is 14.6. The molecule has 19 heavy (non-hydrogen) atoms. The van der Waals surface area contributed by atoms with Crippen LogP contribution in [0.4, 0.5) is 0 Å². The van der Waals surface area contributed by atoms with E-state index in [-0.39, 0.29) is 6.61 Å². The van der Waals surface area contributed by atoms with Crippen LogP contribution in [-0.2, 0) is 33.3 Å². The summed E-state index contributed by atoms with van der Waals surface area (Å²) in [4.78, 5) is 33.2. The van der Waals surface area contributed by atoms with Crippen molar-refractivity contribution >= 4 is 33.8 Å². The molecule has 0 bridgehead atoms. The Kier molecular flexibility index (Phi) is 5.74. The van der Waals surface area contributed by atoms with Gasteiger partial charge in [-0.3, -0.25) is 14.4 Å². The maximum absolute atomic E-state index is 11.1.